The Morgan fingerprint density at radius 2 is 1.05 bits per heavy atom. The van der Waals surface area contributed by atoms with Gasteiger partial charge in [0.15, 0.2) is 61.7 Å². The molecule has 0 amide bonds. The number of ether oxygens (including phenoxy) is 2. The first kappa shape index (κ1) is 60.0. The van der Waals surface area contributed by atoms with E-state index in [-0.39, 0.29) is 79.5 Å². The van der Waals surface area contributed by atoms with Crippen LogP contribution in [0.25, 0.3) is 22.3 Å². The Balaban J connectivity index is 0.000000213. The molecule has 420 valence electrons. The highest BCUT2D eigenvalue weighted by Gasteiger charge is 2.57. The summed E-state index contributed by atoms with van der Waals surface area (Å²) in [5, 5.41) is 76.8. The van der Waals surface area contributed by atoms with Crippen LogP contribution >= 0.6 is 50.5 Å². The van der Waals surface area contributed by atoms with Crippen molar-refractivity contribution in [2.45, 2.75) is 177 Å². The molecule has 1 saturated heterocycles. The van der Waals surface area contributed by atoms with Crippen LogP contribution in [0.4, 0.5) is 11.6 Å². The third-order valence-electron chi connectivity index (χ3n) is 14.3. The molecule has 7 heterocycles. The number of anilines is 2. The number of hydrogen-bond donors (Lipinski definition) is 6. The van der Waals surface area contributed by atoms with E-state index in [1.54, 1.807) is 28.2 Å². The lowest BCUT2D eigenvalue weighted by atomic mass is 10.1. The zero-order valence-corrected chi connectivity index (χ0v) is 45.2. The molecule has 5 aliphatic rings. The fourth-order valence-electron chi connectivity index (χ4n) is 10.6. The number of thioether (sulfide) groups is 2. The zero-order chi connectivity index (χ0) is 49.8. The number of benzene rings is 2. The average Bonchev–Trinajstić information content (AvgIpc) is 3.98. The molecule has 5 fully saturated rings. The SMILES string of the molecule is C.C.C.CCCSc1nc(N[C@@H]2C[C@H]2c2ccccc2)c2nnn([C@@H]3C[C@H](c4nn[nH]n4)[C@@H](O)[C@H]3O)c2n1.CCCSc1nc(N[C@@H]2C[C@H]2c2ccccc2)c2nnn([C@@H]3C[C@H](c4nn[nH]n4)[C@H]4OC(C)(C)O[C@H]43)c2n1.S.S. The summed E-state index contributed by atoms with van der Waals surface area (Å²) in [4.78, 5) is 19.3. The molecule has 0 radical (unpaired) electrons. The summed E-state index contributed by atoms with van der Waals surface area (Å²) in [6.45, 7) is 8.12. The van der Waals surface area contributed by atoms with E-state index in [9.17, 15) is 10.2 Å². The van der Waals surface area contributed by atoms with Crippen molar-refractivity contribution in [1.29, 1.82) is 0 Å². The fourth-order valence-corrected chi connectivity index (χ4v) is 12.0. The number of aliphatic hydroxyl groups is 2. The molecule has 1 aliphatic heterocycles. The summed E-state index contributed by atoms with van der Waals surface area (Å²) < 4.78 is 16.2. The summed E-state index contributed by atoms with van der Waals surface area (Å²) in [6.07, 6.45) is 2.54. The Kier molecular flexibility index (Phi) is 19.4. The lowest BCUT2D eigenvalue weighted by Crippen LogP contribution is -2.29. The first-order valence-corrected chi connectivity index (χ1v) is 26.9. The van der Waals surface area contributed by atoms with Crippen molar-refractivity contribution in [2.24, 2.45) is 0 Å². The number of aromatic nitrogens is 18. The highest BCUT2D eigenvalue weighted by atomic mass is 32.2. The van der Waals surface area contributed by atoms with Crippen molar-refractivity contribution in [2.75, 3.05) is 22.1 Å². The molecule has 0 bridgehead atoms. The number of H-pyrrole nitrogens is 2. The van der Waals surface area contributed by atoms with E-state index in [0.29, 0.717) is 75.7 Å². The van der Waals surface area contributed by atoms with Gasteiger partial charge in [0.25, 0.3) is 0 Å². The third kappa shape index (κ3) is 11.9. The minimum absolute atomic E-state index is 0. The molecule has 24 nitrogen and oxygen atoms in total. The van der Waals surface area contributed by atoms with Gasteiger partial charge in [-0.1, -0.05) is 141 Å². The Morgan fingerprint density at radius 3 is 1.53 bits per heavy atom. The predicted molar refractivity (Wildman–Crippen MR) is 309 cm³/mol. The van der Waals surface area contributed by atoms with Crippen LogP contribution in [-0.4, -0.2) is 155 Å². The van der Waals surface area contributed by atoms with Crippen LogP contribution in [0.15, 0.2) is 71.0 Å². The minimum Gasteiger partial charge on any atom is -0.390 e. The molecule has 78 heavy (non-hydrogen) atoms. The van der Waals surface area contributed by atoms with Crippen LogP contribution in [-0.2, 0) is 9.47 Å². The molecule has 6 aromatic heterocycles. The number of aromatic amines is 2. The number of nitrogens with zero attached hydrogens (tertiary/aromatic N) is 16. The van der Waals surface area contributed by atoms with Crippen LogP contribution in [0.2, 0.25) is 0 Å². The van der Waals surface area contributed by atoms with E-state index in [0.717, 1.165) is 48.2 Å². The van der Waals surface area contributed by atoms with Crippen molar-refractivity contribution in [1.82, 2.24) is 91.2 Å². The molecule has 8 aromatic rings. The topological polar surface area (TPSA) is 305 Å². The number of fused-ring (bicyclic) bond motifs is 3. The first-order valence-electron chi connectivity index (χ1n) is 25.0. The summed E-state index contributed by atoms with van der Waals surface area (Å²) in [7, 11) is 0. The molecule has 4 saturated carbocycles. The van der Waals surface area contributed by atoms with Gasteiger partial charge in [-0.3, -0.25) is 0 Å². The largest absolute Gasteiger partial charge is 0.390 e. The van der Waals surface area contributed by atoms with Gasteiger partial charge in [-0.15, -0.1) is 30.6 Å². The van der Waals surface area contributed by atoms with E-state index in [4.69, 9.17) is 29.4 Å². The van der Waals surface area contributed by atoms with Gasteiger partial charge < -0.3 is 30.3 Å². The van der Waals surface area contributed by atoms with Gasteiger partial charge in [0.05, 0.1) is 36.1 Å². The monoisotopic (exact) mass is 1140 g/mol. The quantitative estimate of drug-likeness (QED) is 0.0410. The van der Waals surface area contributed by atoms with E-state index < -0.39 is 30.0 Å². The van der Waals surface area contributed by atoms with Crippen molar-refractivity contribution in [3.8, 4) is 0 Å². The van der Waals surface area contributed by atoms with Crippen molar-refractivity contribution in [3.63, 3.8) is 0 Å². The lowest BCUT2D eigenvalue weighted by Gasteiger charge is -2.22. The van der Waals surface area contributed by atoms with Gasteiger partial charge in [0.1, 0.15) is 12.2 Å². The van der Waals surface area contributed by atoms with Gasteiger partial charge in [0.2, 0.25) is 0 Å². The standard InChI is InChI=1S/C25H30N10O2S.C22H26N10O2S.3CH4.2H2S/c1-4-10-38-24-27-22(26-16-11-14(16)13-8-6-5-7-9-13)18-23(28-24)35(34-29-18)17-12-15(21-30-32-33-31-21)19-20(17)37-25(2,3)36-19;1-2-8-35-22-24-20(23-14-9-12(14)11-6-4-3-5-7-11)16-21(25-22)32(31-26-16)15-10-13(17(33)18(15)34)19-27-29-30-28-19;;;;;/h5-9,14-17,19-20H,4,10-12H2,1-3H3,(H,26,27,28)(H,30,31,32,33);3-7,12-15,17-18,33-34H,2,8-10H2,1H3,(H,23,24,25)(H,27,28,29,30);3*1H4;2*1H2/t14-,15-,16+,17+,19+,20-;12-,13-,14+,15+,17+,18-;;;;;/m00...../s1. The number of aliphatic hydroxyl groups excluding tert-OH is 2. The number of rotatable bonds is 16. The Bertz CT molecular complexity index is 3160. The normalized spacial score (nSPS) is 26.9. The summed E-state index contributed by atoms with van der Waals surface area (Å²) in [5.41, 5.74) is 5.09. The Morgan fingerprint density at radius 1 is 0.590 bits per heavy atom. The van der Waals surface area contributed by atoms with E-state index in [1.807, 2.05) is 24.6 Å². The first-order chi connectivity index (χ1) is 35.6. The van der Waals surface area contributed by atoms with Crippen LogP contribution in [0, 0.1) is 0 Å². The second-order valence-electron chi connectivity index (χ2n) is 19.7. The van der Waals surface area contributed by atoms with Gasteiger partial charge in [0, 0.05) is 35.4 Å². The fraction of sp³-hybridized carbons (Fsp3) is 0.560. The molecule has 2 aromatic carbocycles. The molecule has 28 heteroatoms. The molecule has 0 unspecified atom stereocenters. The van der Waals surface area contributed by atoms with Crippen LogP contribution in [0.1, 0.15) is 147 Å². The molecule has 4 aliphatic carbocycles. The highest BCUT2D eigenvalue weighted by Crippen LogP contribution is 2.51. The second-order valence-corrected chi connectivity index (χ2v) is 21.9. The minimum atomic E-state index is -1.08. The van der Waals surface area contributed by atoms with Gasteiger partial charge in [-0.2, -0.15) is 37.4 Å². The number of tetrazole rings is 2. The maximum atomic E-state index is 10.9. The smallest absolute Gasteiger partial charge is 0.191 e. The highest BCUT2D eigenvalue weighted by molar-refractivity contribution is 7.99. The van der Waals surface area contributed by atoms with E-state index >= 15 is 0 Å². The molecule has 12 atom stereocenters. The number of nitrogens with one attached hydrogen (secondary N) is 4. The van der Waals surface area contributed by atoms with Gasteiger partial charge in [-0.05, 0) is 63.5 Å². The van der Waals surface area contributed by atoms with E-state index in [2.05, 4.69) is 141 Å². The third-order valence-corrected chi connectivity index (χ3v) is 16.4. The Labute approximate surface area is 475 Å². The molecular formula is C50H72N20O4S4. The van der Waals surface area contributed by atoms with Crippen LogP contribution < -0.4 is 10.6 Å². The Hall–Kier alpha value is -5.62. The van der Waals surface area contributed by atoms with Crippen molar-refractivity contribution < 1.29 is 19.7 Å². The zero-order valence-electron chi connectivity index (χ0n) is 41.5. The predicted octanol–water partition coefficient (Wildman–Crippen LogP) is 7.24. The molecule has 0 spiro atoms. The van der Waals surface area contributed by atoms with Crippen molar-refractivity contribution >= 4 is 84.5 Å². The summed E-state index contributed by atoms with van der Waals surface area (Å²) in [5.74, 6) is 3.76. The summed E-state index contributed by atoms with van der Waals surface area (Å²) in [6, 6.07) is 20.9. The maximum Gasteiger partial charge on any atom is 0.191 e. The van der Waals surface area contributed by atoms with Crippen molar-refractivity contribution in [3.05, 3.63) is 83.4 Å². The summed E-state index contributed by atoms with van der Waals surface area (Å²) >= 11 is 3.22. The number of hydrogen-bond acceptors (Lipinski definition) is 22. The van der Waals surface area contributed by atoms with Gasteiger partial charge in [-0.25, -0.2) is 29.3 Å². The van der Waals surface area contributed by atoms with E-state index in [1.165, 1.54) is 11.1 Å². The van der Waals surface area contributed by atoms with Crippen LogP contribution in [0.5, 0.6) is 0 Å². The lowest BCUT2D eigenvalue weighted by molar-refractivity contribution is -0.157. The molecule has 6 N–H and O–H groups in total. The second kappa shape index (κ2) is 25.2. The van der Waals surface area contributed by atoms with Gasteiger partial charge >= 0.3 is 0 Å². The van der Waals surface area contributed by atoms with Crippen LogP contribution in [0.3, 0.4) is 0 Å². The average molecular weight is 1150 g/mol. The molecular weight excluding hydrogens is 1070 g/mol. The maximum absolute atomic E-state index is 10.9. The molecule has 13 rings (SSSR count).